The van der Waals surface area contributed by atoms with E-state index in [2.05, 4.69) is 11.9 Å². The van der Waals surface area contributed by atoms with E-state index >= 15 is 0 Å². The first-order valence-electron chi connectivity index (χ1n) is 4.40. The summed E-state index contributed by atoms with van der Waals surface area (Å²) in [6, 6.07) is 4.79. The van der Waals surface area contributed by atoms with Gasteiger partial charge in [0.25, 0.3) is 0 Å². The Kier molecular flexibility index (Phi) is 2.37. The zero-order valence-electron chi connectivity index (χ0n) is 7.77. The fourth-order valence-electron chi connectivity index (χ4n) is 1.29. The second-order valence-corrected chi connectivity index (χ2v) is 4.70. The largest absolute Gasteiger partial charge is 0.504 e. The van der Waals surface area contributed by atoms with Crippen LogP contribution >= 0.6 is 11.8 Å². The van der Waals surface area contributed by atoms with Gasteiger partial charge in [0, 0.05) is 10.8 Å². The van der Waals surface area contributed by atoms with E-state index in [9.17, 15) is 5.11 Å². The van der Waals surface area contributed by atoms with Crippen molar-refractivity contribution >= 4 is 16.8 Å². The molecule has 1 aromatic rings. The quantitative estimate of drug-likeness (QED) is 0.695. The number of phenols is 2. The first-order valence-corrected chi connectivity index (χ1v) is 5.28. The van der Waals surface area contributed by atoms with Crippen molar-refractivity contribution in [1.82, 2.24) is 0 Å². The predicted molar refractivity (Wildman–Crippen MR) is 58.2 cm³/mol. The Hall–Kier alpha value is -1.16. The van der Waals surface area contributed by atoms with Gasteiger partial charge in [0.2, 0.25) is 0 Å². The van der Waals surface area contributed by atoms with Crippen LogP contribution in [0.1, 0.15) is 12.5 Å². The zero-order valence-corrected chi connectivity index (χ0v) is 8.58. The molecule has 4 heteroatoms. The Balaban J connectivity index is 2.30. The molecular formula is C10H11NO2S. The monoisotopic (exact) mass is 209 g/mol. The van der Waals surface area contributed by atoms with Gasteiger partial charge in [-0.25, -0.2) is 0 Å². The van der Waals surface area contributed by atoms with Crippen molar-refractivity contribution in [3.63, 3.8) is 0 Å². The number of thioether (sulfide) groups is 1. The van der Waals surface area contributed by atoms with Crippen molar-refractivity contribution in [2.75, 3.05) is 6.54 Å². The molecule has 0 aromatic heterocycles. The highest BCUT2D eigenvalue weighted by atomic mass is 32.2. The molecule has 2 rings (SSSR count). The van der Waals surface area contributed by atoms with Gasteiger partial charge < -0.3 is 10.2 Å². The third-order valence-electron chi connectivity index (χ3n) is 2.03. The predicted octanol–water partition coefficient (Wildman–Crippen LogP) is 1.98. The van der Waals surface area contributed by atoms with Gasteiger partial charge in [0.15, 0.2) is 11.5 Å². The number of phenolic OH excluding ortho intramolecular Hbond substituents is 2. The van der Waals surface area contributed by atoms with E-state index in [1.807, 2.05) is 0 Å². The molecule has 0 fully saturated rings. The normalized spacial score (nSPS) is 20.9. The first kappa shape index (κ1) is 9.40. The van der Waals surface area contributed by atoms with Gasteiger partial charge in [-0.15, -0.1) is 11.8 Å². The van der Waals surface area contributed by atoms with Crippen LogP contribution in [0.15, 0.2) is 23.2 Å². The Bertz CT molecular complexity index is 390. The molecule has 74 valence electrons. The number of nitrogens with zero attached hydrogens (tertiary/aromatic N) is 1. The summed E-state index contributed by atoms with van der Waals surface area (Å²) in [7, 11) is 0. The molecule has 1 aliphatic rings. The molecule has 0 saturated heterocycles. The summed E-state index contributed by atoms with van der Waals surface area (Å²) >= 11 is 1.69. The highest BCUT2D eigenvalue weighted by molar-refractivity contribution is 8.15. The van der Waals surface area contributed by atoms with Gasteiger partial charge in [0.1, 0.15) is 0 Å². The van der Waals surface area contributed by atoms with Gasteiger partial charge in [-0.2, -0.15) is 0 Å². The van der Waals surface area contributed by atoms with Crippen molar-refractivity contribution in [3.05, 3.63) is 23.8 Å². The number of hydrogen-bond acceptors (Lipinski definition) is 4. The Labute approximate surface area is 86.5 Å². The molecule has 1 aromatic carbocycles. The van der Waals surface area contributed by atoms with Gasteiger partial charge in [-0.1, -0.05) is 6.92 Å². The number of rotatable bonds is 1. The fraction of sp³-hybridized carbons (Fsp3) is 0.300. The van der Waals surface area contributed by atoms with Crippen LogP contribution in [0.2, 0.25) is 0 Å². The second kappa shape index (κ2) is 3.53. The summed E-state index contributed by atoms with van der Waals surface area (Å²) in [5.74, 6) is -0.184. The van der Waals surface area contributed by atoms with E-state index in [0.29, 0.717) is 5.25 Å². The van der Waals surface area contributed by atoms with Crippen LogP contribution in [0.3, 0.4) is 0 Å². The first-order chi connectivity index (χ1) is 6.66. The van der Waals surface area contributed by atoms with Gasteiger partial charge in [-0.3, -0.25) is 4.99 Å². The topological polar surface area (TPSA) is 52.8 Å². The molecule has 0 unspecified atom stereocenters. The summed E-state index contributed by atoms with van der Waals surface area (Å²) in [6.07, 6.45) is 0. The van der Waals surface area contributed by atoms with Crippen molar-refractivity contribution in [1.29, 1.82) is 0 Å². The average Bonchev–Trinajstić information content (AvgIpc) is 2.57. The number of aliphatic imine (C=N–C) groups is 1. The molecule has 0 amide bonds. The lowest BCUT2D eigenvalue weighted by Gasteiger charge is -2.03. The minimum atomic E-state index is -0.0923. The Morgan fingerprint density at radius 1 is 1.36 bits per heavy atom. The third kappa shape index (κ3) is 1.70. The van der Waals surface area contributed by atoms with Gasteiger partial charge in [0.05, 0.1) is 11.6 Å². The minimum absolute atomic E-state index is 0.0922. The molecule has 2 N–H and O–H groups in total. The lowest BCUT2D eigenvalue weighted by Crippen LogP contribution is -1.95. The van der Waals surface area contributed by atoms with Gasteiger partial charge in [-0.05, 0) is 18.2 Å². The summed E-state index contributed by atoms with van der Waals surface area (Å²) in [5, 5.41) is 19.9. The highest BCUT2D eigenvalue weighted by Crippen LogP contribution is 2.30. The van der Waals surface area contributed by atoms with E-state index in [1.54, 1.807) is 23.9 Å². The number of hydrogen-bond donors (Lipinski definition) is 2. The van der Waals surface area contributed by atoms with Crippen molar-refractivity contribution in [2.24, 2.45) is 4.99 Å². The minimum Gasteiger partial charge on any atom is -0.504 e. The second-order valence-electron chi connectivity index (χ2n) is 3.28. The Morgan fingerprint density at radius 2 is 2.14 bits per heavy atom. The van der Waals surface area contributed by atoms with E-state index in [4.69, 9.17) is 5.11 Å². The summed E-state index contributed by atoms with van der Waals surface area (Å²) in [5.41, 5.74) is 0.870. The van der Waals surface area contributed by atoms with Crippen LogP contribution in [0.4, 0.5) is 0 Å². The standard InChI is InChI=1S/C10H11NO2S/c1-6-5-11-10(14-6)7-2-3-8(12)9(13)4-7/h2-4,6,12-13H,5H2,1H3/t6-/m0/s1. The summed E-state index contributed by atoms with van der Waals surface area (Å²) < 4.78 is 0. The lowest BCUT2D eigenvalue weighted by molar-refractivity contribution is 0.403. The fourth-order valence-corrected chi connectivity index (χ4v) is 2.23. The van der Waals surface area contributed by atoms with Crippen molar-refractivity contribution in [2.45, 2.75) is 12.2 Å². The summed E-state index contributed by atoms with van der Waals surface area (Å²) in [6.45, 7) is 2.93. The maximum atomic E-state index is 9.31. The van der Waals surface area contributed by atoms with Crippen molar-refractivity contribution < 1.29 is 10.2 Å². The van der Waals surface area contributed by atoms with Crippen LogP contribution in [0.5, 0.6) is 11.5 Å². The molecule has 0 bridgehead atoms. The van der Waals surface area contributed by atoms with E-state index in [-0.39, 0.29) is 11.5 Å². The average molecular weight is 209 g/mol. The summed E-state index contributed by atoms with van der Waals surface area (Å²) in [4.78, 5) is 4.34. The van der Waals surface area contributed by atoms with E-state index in [0.717, 1.165) is 17.2 Å². The zero-order chi connectivity index (χ0) is 10.1. The molecule has 0 radical (unpaired) electrons. The third-order valence-corrected chi connectivity index (χ3v) is 3.17. The lowest BCUT2D eigenvalue weighted by atomic mass is 10.2. The molecular weight excluding hydrogens is 198 g/mol. The number of benzene rings is 1. The highest BCUT2D eigenvalue weighted by Gasteiger charge is 2.17. The van der Waals surface area contributed by atoms with Crippen LogP contribution < -0.4 is 0 Å². The Morgan fingerprint density at radius 3 is 2.71 bits per heavy atom. The molecule has 0 aliphatic carbocycles. The maximum absolute atomic E-state index is 9.31. The smallest absolute Gasteiger partial charge is 0.158 e. The van der Waals surface area contributed by atoms with Gasteiger partial charge >= 0.3 is 0 Å². The molecule has 14 heavy (non-hydrogen) atoms. The number of aromatic hydroxyl groups is 2. The molecule has 0 spiro atoms. The maximum Gasteiger partial charge on any atom is 0.158 e. The van der Waals surface area contributed by atoms with E-state index < -0.39 is 0 Å². The molecule has 3 nitrogen and oxygen atoms in total. The van der Waals surface area contributed by atoms with Crippen molar-refractivity contribution in [3.8, 4) is 11.5 Å². The van der Waals surface area contributed by atoms with Crippen LogP contribution in [0, 0.1) is 0 Å². The molecule has 1 aliphatic heterocycles. The molecule has 0 saturated carbocycles. The molecule has 1 atom stereocenters. The molecule has 1 heterocycles. The van der Waals surface area contributed by atoms with Crippen LogP contribution in [-0.2, 0) is 0 Å². The van der Waals surface area contributed by atoms with E-state index in [1.165, 1.54) is 6.07 Å². The van der Waals surface area contributed by atoms with Crippen LogP contribution in [-0.4, -0.2) is 27.1 Å². The van der Waals surface area contributed by atoms with Crippen LogP contribution in [0.25, 0.3) is 0 Å². The SMILES string of the molecule is C[C@H]1CN=C(c2ccc(O)c(O)c2)S1.